The molecule has 18 heavy (non-hydrogen) atoms. The molecule has 0 saturated heterocycles. The molecule has 0 aliphatic rings. The summed E-state index contributed by atoms with van der Waals surface area (Å²) in [6.45, 7) is 6.13. The van der Waals surface area contributed by atoms with Crippen molar-refractivity contribution in [2.45, 2.75) is 26.2 Å². The van der Waals surface area contributed by atoms with Crippen molar-refractivity contribution in [3.05, 3.63) is 23.0 Å². The Labute approximate surface area is 112 Å². The van der Waals surface area contributed by atoms with Crippen LogP contribution < -0.4 is 5.32 Å². The van der Waals surface area contributed by atoms with Gasteiger partial charge in [0, 0.05) is 18.2 Å². The fourth-order valence-electron chi connectivity index (χ4n) is 1.21. The molecule has 1 aromatic rings. The summed E-state index contributed by atoms with van der Waals surface area (Å²) in [5.41, 5.74) is 1.24. The summed E-state index contributed by atoms with van der Waals surface area (Å²) in [6.07, 6.45) is 1.55. The zero-order valence-corrected chi connectivity index (χ0v) is 12.0. The lowest BCUT2D eigenvalue weighted by atomic mass is 9.92. The summed E-state index contributed by atoms with van der Waals surface area (Å²) in [6, 6.07) is 1.34. The second-order valence-electron chi connectivity index (χ2n) is 4.91. The molecule has 0 radical (unpaired) electrons. The van der Waals surface area contributed by atoms with Gasteiger partial charge in [0.1, 0.15) is 0 Å². The lowest BCUT2D eigenvalue weighted by Gasteiger charge is -2.19. The van der Waals surface area contributed by atoms with Crippen LogP contribution in [0.15, 0.2) is 12.3 Å². The van der Waals surface area contributed by atoms with Gasteiger partial charge in [0.05, 0.1) is 24.0 Å². The number of nitrogens with zero attached hydrogens (tertiary/aromatic N) is 2. The van der Waals surface area contributed by atoms with E-state index in [1.54, 1.807) is 12.3 Å². The predicted molar refractivity (Wildman–Crippen MR) is 71.7 cm³/mol. The maximum Gasteiger partial charge on any atom is 0.345 e. The van der Waals surface area contributed by atoms with Crippen LogP contribution in [-0.4, -0.2) is 30.2 Å². The third-order valence-corrected chi connectivity index (χ3v) is 2.74. The molecule has 0 fully saturated rings. The number of hydrogen-bond acceptors (Lipinski definition) is 3. The van der Waals surface area contributed by atoms with Gasteiger partial charge in [0.2, 0.25) is 0 Å². The van der Waals surface area contributed by atoms with E-state index in [-0.39, 0.29) is 5.41 Å². The predicted octanol–water partition coefficient (Wildman–Crippen LogP) is 3.06. The van der Waals surface area contributed by atoms with E-state index >= 15 is 0 Å². The molecule has 0 saturated carbocycles. The minimum Gasteiger partial charge on any atom is -0.303 e. The zero-order chi connectivity index (χ0) is 13.9. The number of carbonyl (C=O) groups is 1. The van der Waals surface area contributed by atoms with Crippen LogP contribution >= 0.6 is 11.6 Å². The zero-order valence-electron chi connectivity index (χ0n) is 11.2. The highest BCUT2D eigenvalue weighted by Crippen LogP contribution is 2.27. The van der Waals surface area contributed by atoms with Crippen LogP contribution in [0.4, 0.5) is 10.5 Å². The SMILES string of the molecule is CON(C)C(=O)Nc1cnc(C(C)(C)C)cc1Cl. The number of pyridine rings is 1. The van der Waals surface area contributed by atoms with Gasteiger partial charge in [-0.25, -0.2) is 9.86 Å². The number of urea groups is 1. The number of aromatic nitrogens is 1. The maximum absolute atomic E-state index is 11.6. The Bertz CT molecular complexity index is 443. The lowest BCUT2D eigenvalue weighted by Crippen LogP contribution is -2.30. The van der Waals surface area contributed by atoms with Crippen molar-refractivity contribution in [2.24, 2.45) is 0 Å². The third kappa shape index (κ3) is 3.58. The highest BCUT2D eigenvalue weighted by Gasteiger charge is 2.18. The Balaban J connectivity index is 2.90. The van der Waals surface area contributed by atoms with E-state index in [1.165, 1.54) is 14.2 Å². The molecule has 6 heteroatoms. The first-order chi connectivity index (χ1) is 8.25. The number of nitrogens with one attached hydrogen (secondary N) is 1. The highest BCUT2D eigenvalue weighted by molar-refractivity contribution is 6.33. The molecule has 0 aliphatic heterocycles. The molecule has 1 N–H and O–H groups in total. The normalized spacial score (nSPS) is 11.2. The summed E-state index contributed by atoms with van der Waals surface area (Å²) in [5.74, 6) is 0. The first-order valence-electron chi connectivity index (χ1n) is 5.50. The smallest absolute Gasteiger partial charge is 0.303 e. The largest absolute Gasteiger partial charge is 0.345 e. The second-order valence-corrected chi connectivity index (χ2v) is 5.32. The first kappa shape index (κ1) is 14.7. The third-order valence-electron chi connectivity index (χ3n) is 2.42. The van der Waals surface area contributed by atoms with Gasteiger partial charge in [-0.3, -0.25) is 9.82 Å². The number of anilines is 1. The molecule has 100 valence electrons. The summed E-state index contributed by atoms with van der Waals surface area (Å²) >= 11 is 6.11. The molecule has 5 nitrogen and oxygen atoms in total. The highest BCUT2D eigenvalue weighted by atomic mass is 35.5. The number of carbonyl (C=O) groups excluding carboxylic acids is 1. The molecule has 1 heterocycles. The van der Waals surface area contributed by atoms with Gasteiger partial charge >= 0.3 is 6.03 Å². The van der Waals surface area contributed by atoms with Crippen LogP contribution in [0.5, 0.6) is 0 Å². The van der Waals surface area contributed by atoms with E-state index in [4.69, 9.17) is 16.4 Å². The second kappa shape index (κ2) is 5.54. The Morgan fingerprint density at radius 3 is 2.56 bits per heavy atom. The minimum absolute atomic E-state index is 0.0878. The molecule has 0 aliphatic carbocycles. The van der Waals surface area contributed by atoms with E-state index in [1.807, 2.05) is 20.8 Å². The van der Waals surface area contributed by atoms with Gasteiger partial charge in [-0.05, 0) is 6.07 Å². The maximum atomic E-state index is 11.6. The van der Waals surface area contributed by atoms with Crippen molar-refractivity contribution < 1.29 is 9.63 Å². The van der Waals surface area contributed by atoms with Crippen molar-refractivity contribution in [3.8, 4) is 0 Å². The van der Waals surface area contributed by atoms with Crippen LogP contribution in [0, 0.1) is 0 Å². The van der Waals surface area contributed by atoms with Crippen LogP contribution in [-0.2, 0) is 10.3 Å². The van der Waals surface area contributed by atoms with E-state index in [0.717, 1.165) is 10.8 Å². The van der Waals surface area contributed by atoms with E-state index in [0.29, 0.717) is 10.7 Å². The van der Waals surface area contributed by atoms with Crippen molar-refractivity contribution in [1.82, 2.24) is 10.0 Å². The van der Waals surface area contributed by atoms with E-state index in [9.17, 15) is 4.79 Å². The molecule has 0 bridgehead atoms. The van der Waals surface area contributed by atoms with E-state index < -0.39 is 6.03 Å². The summed E-state index contributed by atoms with van der Waals surface area (Å²) in [4.78, 5) is 20.6. The summed E-state index contributed by atoms with van der Waals surface area (Å²) in [7, 11) is 2.91. The van der Waals surface area contributed by atoms with Crippen LogP contribution in [0.1, 0.15) is 26.5 Å². The van der Waals surface area contributed by atoms with Crippen LogP contribution in [0.3, 0.4) is 0 Å². The number of hydroxylamine groups is 2. The monoisotopic (exact) mass is 271 g/mol. The molecule has 0 atom stereocenters. The van der Waals surface area contributed by atoms with Gasteiger partial charge in [0.25, 0.3) is 0 Å². The molecular formula is C12H18ClN3O2. The van der Waals surface area contributed by atoms with Crippen molar-refractivity contribution in [2.75, 3.05) is 19.5 Å². The summed E-state index contributed by atoms with van der Waals surface area (Å²) < 4.78 is 0. The molecule has 0 aromatic carbocycles. The standard InChI is InChI=1S/C12H18ClN3O2/c1-12(2,3)10-6-8(13)9(7-14-10)15-11(17)16(4)18-5/h6-7H,1-5H3,(H,15,17). The quantitative estimate of drug-likeness (QED) is 0.841. The van der Waals surface area contributed by atoms with E-state index in [2.05, 4.69) is 10.3 Å². The summed E-state index contributed by atoms with van der Waals surface area (Å²) in [5, 5.41) is 4.12. The average molecular weight is 272 g/mol. The molecule has 2 amide bonds. The van der Waals surface area contributed by atoms with Gasteiger partial charge in [-0.1, -0.05) is 32.4 Å². The minimum atomic E-state index is -0.412. The first-order valence-corrected chi connectivity index (χ1v) is 5.88. The number of halogens is 1. The fraction of sp³-hybridized carbons (Fsp3) is 0.500. The number of rotatable bonds is 2. The Kier molecular flexibility index (Phi) is 4.53. The topological polar surface area (TPSA) is 54.5 Å². The molecule has 0 spiro atoms. The average Bonchev–Trinajstić information content (AvgIpc) is 2.29. The van der Waals surface area contributed by atoms with Gasteiger partial charge in [-0.15, -0.1) is 0 Å². The molecular weight excluding hydrogens is 254 g/mol. The molecule has 1 aromatic heterocycles. The Hall–Kier alpha value is -1.33. The van der Waals surface area contributed by atoms with Gasteiger partial charge in [0.15, 0.2) is 0 Å². The Morgan fingerprint density at radius 1 is 1.50 bits per heavy atom. The van der Waals surface area contributed by atoms with Crippen LogP contribution in [0.25, 0.3) is 0 Å². The van der Waals surface area contributed by atoms with Crippen molar-refractivity contribution in [1.29, 1.82) is 0 Å². The lowest BCUT2D eigenvalue weighted by molar-refractivity contribution is -0.0598. The van der Waals surface area contributed by atoms with Gasteiger partial charge in [-0.2, -0.15) is 0 Å². The number of hydrogen-bond donors (Lipinski definition) is 1. The number of amides is 2. The Morgan fingerprint density at radius 2 is 2.11 bits per heavy atom. The van der Waals surface area contributed by atoms with Gasteiger partial charge < -0.3 is 5.32 Å². The van der Waals surface area contributed by atoms with Crippen molar-refractivity contribution >= 4 is 23.3 Å². The fourth-order valence-corrected chi connectivity index (χ4v) is 1.41. The molecule has 1 rings (SSSR count). The molecule has 0 unspecified atom stereocenters. The van der Waals surface area contributed by atoms with Crippen molar-refractivity contribution in [3.63, 3.8) is 0 Å². The van der Waals surface area contributed by atoms with Crippen LogP contribution in [0.2, 0.25) is 5.02 Å².